The molecule has 128 valence electrons. The van der Waals surface area contributed by atoms with Crippen LogP contribution < -0.4 is 0 Å². The minimum Gasteiger partial charge on any atom is -0.374 e. The van der Waals surface area contributed by atoms with Gasteiger partial charge < -0.3 is 4.74 Å². The van der Waals surface area contributed by atoms with Crippen LogP contribution in [0.2, 0.25) is 0 Å². The molecular weight excluding hydrogens is 298 g/mol. The average molecular weight is 325 g/mol. The molecular formula is C20H27N3O. The molecule has 2 aromatic rings. The predicted molar refractivity (Wildman–Crippen MR) is 98.0 cm³/mol. The summed E-state index contributed by atoms with van der Waals surface area (Å²) >= 11 is 0. The van der Waals surface area contributed by atoms with Crippen molar-refractivity contribution < 1.29 is 4.74 Å². The summed E-state index contributed by atoms with van der Waals surface area (Å²) in [6.45, 7) is 10.9. The summed E-state index contributed by atoms with van der Waals surface area (Å²) in [5.74, 6) is 0. The molecule has 1 atom stereocenters. The van der Waals surface area contributed by atoms with Crippen molar-refractivity contribution in [1.82, 2.24) is 14.7 Å². The quantitative estimate of drug-likeness (QED) is 0.845. The van der Waals surface area contributed by atoms with E-state index >= 15 is 0 Å². The molecule has 4 nitrogen and oxygen atoms in total. The smallest absolute Gasteiger partial charge is 0.0898 e. The fourth-order valence-electron chi connectivity index (χ4n) is 3.32. The number of hydrogen-bond acceptors (Lipinski definition) is 3. The molecule has 4 heteroatoms. The van der Waals surface area contributed by atoms with Crippen molar-refractivity contribution in [2.75, 3.05) is 26.2 Å². The Morgan fingerprint density at radius 2 is 2.08 bits per heavy atom. The van der Waals surface area contributed by atoms with E-state index in [0.29, 0.717) is 0 Å². The van der Waals surface area contributed by atoms with Gasteiger partial charge in [-0.15, -0.1) is 0 Å². The Morgan fingerprint density at radius 3 is 2.79 bits per heavy atom. The maximum atomic E-state index is 5.95. The molecule has 0 aliphatic carbocycles. The van der Waals surface area contributed by atoms with Gasteiger partial charge >= 0.3 is 0 Å². The van der Waals surface area contributed by atoms with Gasteiger partial charge in [-0.1, -0.05) is 42.0 Å². The molecule has 0 bridgehead atoms. The van der Waals surface area contributed by atoms with E-state index in [1.54, 1.807) is 0 Å². The Morgan fingerprint density at radius 1 is 1.29 bits per heavy atom. The van der Waals surface area contributed by atoms with E-state index in [1.807, 2.05) is 6.92 Å². The Bertz CT molecular complexity index is 690. The van der Waals surface area contributed by atoms with Gasteiger partial charge in [-0.05, 0) is 32.4 Å². The number of nitrogens with zero attached hydrogens (tertiary/aromatic N) is 3. The van der Waals surface area contributed by atoms with Crippen molar-refractivity contribution in [2.24, 2.45) is 0 Å². The Hall–Kier alpha value is -1.91. The van der Waals surface area contributed by atoms with E-state index in [0.717, 1.165) is 38.5 Å². The molecule has 1 aliphatic heterocycles. The fourth-order valence-corrected chi connectivity index (χ4v) is 3.32. The first kappa shape index (κ1) is 16.9. The number of rotatable bonds is 5. The predicted octanol–water partition coefficient (Wildman–Crippen LogP) is 3.30. The first-order valence-electron chi connectivity index (χ1n) is 8.67. The van der Waals surface area contributed by atoms with Gasteiger partial charge in [0.05, 0.1) is 24.9 Å². The minimum absolute atomic E-state index is 0.210. The highest BCUT2D eigenvalue weighted by Crippen LogP contribution is 2.13. The highest BCUT2D eigenvalue weighted by Gasteiger charge is 2.21. The molecule has 0 radical (unpaired) electrons. The highest BCUT2D eigenvalue weighted by molar-refractivity contribution is 5.52. The van der Waals surface area contributed by atoms with Crippen molar-refractivity contribution in [2.45, 2.75) is 33.4 Å². The van der Waals surface area contributed by atoms with Crippen LogP contribution in [0.15, 0.2) is 42.0 Å². The molecule has 0 N–H and O–H groups in total. The number of ether oxygens (including phenoxy) is 1. The van der Waals surface area contributed by atoms with Crippen molar-refractivity contribution in [3.05, 3.63) is 58.9 Å². The van der Waals surface area contributed by atoms with Crippen molar-refractivity contribution in [3.63, 3.8) is 0 Å². The topological polar surface area (TPSA) is 30.3 Å². The van der Waals surface area contributed by atoms with Crippen LogP contribution in [0.3, 0.4) is 0 Å². The van der Waals surface area contributed by atoms with Crippen LogP contribution in [0.25, 0.3) is 6.08 Å². The fraction of sp³-hybridized carbons (Fsp3) is 0.450. The van der Waals surface area contributed by atoms with Crippen molar-refractivity contribution in [1.29, 1.82) is 0 Å². The molecule has 1 aliphatic rings. The second-order valence-corrected chi connectivity index (χ2v) is 6.74. The third-order valence-electron chi connectivity index (χ3n) is 4.39. The number of aryl methyl sites for hydroxylation is 2. The van der Waals surface area contributed by atoms with Gasteiger partial charge in [-0.2, -0.15) is 5.10 Å². The number of hydrogen-bond donors (Lipinski definition) is 0. The van der Waals surface area contributed by atoms with E-state index in [9.17, 15) is 0 Å². The first-order valence-corrected chi connectivity index (χ1v) is 8.67. The first-order chi connectivity index (χ1) is 11.6. The standard InChI is InChI=1S/C20H27N3O/c1-16(11-19-7-5-4-6-8-19)13-22-9-10-24-20(14-22)15-23-18(3)12-17(2)21-23/h4-8,11-12,20H,9-10,13-15H2,1-3H3/b16-11+. The molecule has 24 heavy (non-hydrogen) atoms. The lowest BCUT2D eigenvalue weighted by Gasteiger charge is -2.33. The van der Waals surface area contributed by atoms with E-state index in [2.05, 4.69) is 71.0 Å². The molecule has 1 unspecified atom stereocenters. The van der Waals surface area contributed by atoms with Crippen molar-refractivity contribution in [3.8, 4) is 0 Å². The van der Waals surface area contributed by atoms with Gasteiger partial charge in [-0.25, -0.2) is 0 Å². The van der Waals surface area contributed by atoms with Crippen molar-refractivity contribution >= 4 is 6.08 Å². The normalized spacial score (nSPS) is 19.6. The maximum absolute atomic E-state index is 5.95. The molecule has 3 rings (SSSR count). The van der Waals surface area contributed by atoms with Crippen LogP contribution >= 0.6 is 0 Å². The summed E-state index contributed by atoms with van der Waals surface area (Å²) in [6.07, 6.45) is 2.48. The molecule has 1 aromatic heterocycles. The average Bonchev–Trinajstić information content (AvgIpc) is 2.86. The van der Waals surface area contributed by atoms with Gasteiger partial charge in [0.2, 0.25) is 0 Å². The van der Waals surface area contributed by atoms with Crippen LogP contribution in [-0.4, -0.2) is 47.0 Å². The van der Waals surface area contributed by atoms with Crippen LogP contribution in [-0.2, 0) is 11.3 Å². The second-order valence-electron chi connectivity index (χ2n) is 6.74. The summed E-state index contributed by atoms with van der Waals surface area (Å²) < 4.78 is 8.02. The zero-order valence-electron chi connectivity index (χ0n) is 14.9. The van der Waals surface area contributed by atoms with E-state index < -0.39 is 0 Å². The summed E-state index contributed by atoms with van der Waals surface area (Å²) in [4.78, 5) is 2.48. The third kappa shape index (κ3) is 4.56. The van der Waals surface area contributed by atoms with Crippen LogP contribution in [0, 0.1) is 13.8 Å². The van der Waals surface area contributed by atoms with E-state index in [-0.39, 0.29) is 6.10 Å². The summed E-state index contributed by atoms with van der Waals surface area (Å²) in [6, 6.07) is 12.6. The number of benzene rings is 1. The minimum atomic E-state index is 0.210. The Kier molecular flexibility index (Phi) is 5.48. The molecule has 2 heterocycles. The third-order valence-corrected chi connectivity index (χ3v) is 4.39. The largest absolute Gasteiger partial charge is 0.374 e. The summed E-state index contributed by atoms with van der Waals surface area (Å²) in [5, 5.41) is 4.55. The number of aromatic nitrogens is 2. The highest BCUT2D eigenvalue weighted by atomic mass is 16.5. The van der Waals surface area contributed by atoms with Gasteiger partial charge in [-0.3, -0.25) is 9.58 Å². The molecule has 0 saturated carbocycles. The molecule has 1 fully saturated rings. The molecule has 0 spiro atoms. The monoisotopic (exact) mass is 325 g/mol. The molecule has 1 aromatic carbocycles. The Labute approximate surface area is 144 Å². The van der Waals surface area contributed by atoms with Gasteiger partial charge in [0.1, 0.15) is 0 Å². The van der Waals surface area contributed by atoms with Crippen LogP contribution in [0.1, 0.15) is 23.9 Å². The lowest BCUT2D eigenvalue weighted by atomic mass is 10.1. The SMILES string of the molecule is C/C(=C\c1ccccc1)CN1CCOC(Cn2nc(C)cc2C)C1. The van der Waals surface area contributed by atoms with Gasteiger partial charge in [0, 0.05) is 25.3 Å². The van der Waals surface area contributed by atoms with Crippen LogP contribution in [0.5, 0.6) is 0 Å². The number of morpholine rings is 1. The summed E-state index contributed by atoms with van der Waals surface area (Å²) in [7, 11) is 0. The zero-order chi connectivity index (χ0) is 16.9. The summed E-state index contributed by atoms with van der Waals surface area (Å²) in [5.41, 5.74) is 4.92. The van der Waals surface area contributed by atoms with Gasteiger partial charge in [0.25, 0.3) is 0 Å². The van der Waals surface area contributed by atoms with E-state index in [4.69, 9.17) is 4.74 Å². The molecule has 0 amide bonds. The van der Waals surface area contributed by atoms with Crippen LogP contribution in [0.4, 0.5) is 0 Å². The van der Waals surface area contributed by atoms with E-state index in [1.165, 1.54) is 16.8 Å². The maximum Gasteiger partial charge on any atom is 0.0898 e. The zero-order valence-corrected chi connectivity index (χ0v) is 14.9. The van der Waals surface area contributed by atoms with Gasteiger partial charge in [0.15, 0.2) is 0 Å². The lowest BCUT2D eigenvalue weighted by Crippen LogP contribution is -2.44. The Balaban J connectivity index is 1.57. The molecule has 1 saturated heterocycles. The second kappa shape index (κ2) is 7.77. The lowest BCUT2D eigenvalue weighted by molar-refractivity contribution is -0.0347.